The number of phenolic OH excluding ortho intramolecular Hbond substituents is 1. The molecule has 1 aliphatic heterocycles. The highest BCUT2D eigenvalue weighted by atomic mass is 35.5. The van der Waals surface area contributed by atoms with Crippen LogP contribution in [0.2, 0.25) is 10.0 Å². The van der Waals surface area contributed by atoms with Crippen molar-refractivity contribution >= 4 is 28.9 Å². The first-order valence-electron chi connectivity index (χ1n) is 9.75. The lowest BCUT2D eigenvalue weighted by molar-refractivity contribution is 0.340. The Balaban J connectivity index is 1.74. The summed E-state index contributed by atoms with van der Waals surface area (Å²) in [6.45, 7) is 2.58. The van der Waals surface area contributed by atoms with E-state index in [9.17, 15) is 5.11 Å². The molecule has 0 saturated heterocycles. The molecule has 0 bridgehead atoms. The van der Waals surface area contributed by atoms with Gasteiger partial charge in [-0.2, -0.15) is 0 Å². The third kappa shape index (κ3) is 4.57. The van der Waals surface area contributed by atoms with Crippen LogP contribution in [0.5, 0.6) is 11.5 Å². The first-order valence-corrected chi connectivity index (χ1v) is 10.5. The minimum absolute atomic E-state index is 0.186. The van der Waals surface area contributed by atoms with Crippen molar-refractivity contribution in [3.05, 3.63) is 99.5 Å². The molecule has 1 heterocycles. The molecule has 154 valence electrons. The van der Waals surface area contributed by atoms with Crippen molar-refractivity contribution < 1.29 is 9.84 Å². The van der Waals surface area contributed by atoms with Gasteiger partial charge >= 0.3 is 0 Å². The molecule has 0 aromatic heterocycles. The number of ether oxygens (including phenoxy) is 1. The van der Waals surface area contributed by atoms with Gasteiger partial charge in [-0.1, -0.05) is 35.3 Å². The summed E-state index contributed by atoms with van der Waals surface area (Å²) in [4.78, 5) is 0. The Morgan fingerprint density at radius 1 is 0.967 bits per heavy atom. The maximum Gasteiger partial charge on any atom is 0.120 e. The van der Waals surface area contributed by atoms with E-state index in [1.807, 2.05) is 61.5 Å². The molecule has 3 aromatic carbocycles. The van der Waals surface area contributed by atoms with E-state index in [1.54, 1.807) is 18.2 Å². The van der Waals surface area contributed by atoms with E-state index in [-0.39, 0.29) is 18.0 Å². The lowest BCUT2D eigenvalue weighted by atomic mass is 9.98. The highest BCUT2D eigenvalue weighted by Crippen LogP contribution is 2.35. The number of nitrogens with one attached hydrogen (secondary N) is 2. The molecular formula is C24H22Cl2N2O2. The maximum absolute atomic E-state index is 10.5. The van der Waals surface area contributed by atoms with Crippen LogP contribution in [-0.4, -0.2) is 11.7 Å². The van der Waals surface area contributed by atoms with E-state index in [1.165, 1.54) is 0 Å². The summed E-state index contributed by atoms with van der Waals surface area (Å²) >= 11 is 12.4. The van der Waals surface area contributed by atoms with Gasteiger partial charge < -0.3 is 15.2 Å². The van der Waals surface area contributed by atoms with Gasteiger partial charge in [-0.15, -0.1) is 0 Å². The predicted molar refractivity (Wildman–Crippen MR) is 122 cm³/mol. The number of rotatable bonds is 5. The molecule has 4 rings (SSSR count). The van der Waals surface area contributed by atoms with Crippen molar-refractivity contribution in [1.82, 2.24) is 10.6 Å². The molecule has 4 nitrogen and oxygen atoms in total. The SMILES string of the molecule is CCOc1ccc(C2=CC(c3cc(Cl)ccc3O)NC(c3cccc(Cl)c3)N2)cc1. The van der Waals surface area contributed by atoms with Gasteiger partial charge in [-0.3, -0.25) is 5.32 Å². The van der Waals surface area contributed by atoms with Crippen LogP contribution in [0.15, 0.2) is 72.8 Å². The molecule has 0 amide bonds. The van der Waals surface area contributed by atoms with E-state index < -0.39 is 0 Å². The van der Waals surface area contributed by atoms with Crippen LogP contribution in [0.3, 0.4) is 0 Å². The van der Waals surface area contributed by atoms with Crippen molar-refractivity contribution in [3.63, 3.8) is 0 Å². The Labute approximate surface area is 186 Å². The third-order valence-corrected chi connectivity index (χ3v) is 5.43. The molecule has 2 unspecified atom stereocenters. The van der Waals surface area contributed by atoms with Gasteiger partial charge in [0.05, 0.1) is 12.6 Å². The van der Waals surface area contributed by atoms with Crippen molar-refractivity contribution in [2.75, 3.05) is 6.61 Å². The van der Waals surface area contributed by atoms with E-state index in [4.69, 9.17) is 27.9 Å². The smallest absolute Gasteiger partial charge is 0.120 e. The molecular weight excluding hydrogens is 419 g/mol. The number of benzene rings is 3. The molecule has 3 aromatic rings. The summed E-state index contributed by atoms with van der Waals surface area (Å²) in [7, 11) is 0. The summed E-state index contributed by atoms with van der Waals surface area (Å²) in [6.07, 6.45) is 1.83. The maximum atomic E-state index is 10.5. The van der Waals surface area contributed by atoms with E-state index >= 15 is 0 Å². The molecule has 30 heavy (non-hydrogen) atoms. The van der Waals surface area contributed by atoms with Crippen LogP contribution in [0.25, 0.3) is 5.70 Å². The van der Waals surface area contributed by atoms with Gasteiger partial charge in [-0.05, 0) is 78.7 Å². The van der Waals surface area contributed by atoms with Crippen LogP contribution < -0.4 is 15.4 Å². The lowest BCUT2D eigenvalue weighted by Crippen LogP contribution is -2.39. The van der Waals surface area contributed by atoms with Gasteiger partial charge in [0.2, 0.25) is 0 Å². The van der Waals surface area contributed by atoms with Crippen LogP contribution >= 0.6 is 23.2 Å². The fourth-order valence-electron chi connectivity index (χ4n) is 3.54. The molecule has 3 N–H and O–H groups in total. The predicted octanol–water partition coefficient (Wildman–Crippen LogP) is 6.07. The molecule has 1 aliphatic rings. The average Bonchev–Trinajstić information content (AvgIpc) is 2.76. The van der Waals surface area contributed by atoms with Gasteiger partial charge in [-0.25, -0.2) is 0 Å². The molecule has 0 spiro atoms. The standard InChI is InChI=1S/C24H22Cl2N2O2/c1-2-30-19-9-6-15(7-10-19)21-14-22(20-13-18(26)8-11-23(20)29)28-24(27-21)16-4-3-5-17(25)12-16/h3-14,22,24,27-29H,2H2,1H3. The molecule has 0 saturated carbocycles. The fourth-order valence-corrected chi connectivity index (χ4v) is 3.92. The van der Waals surface area contributed by atoms with Gasteiger partial charge in [0.15, 0.2) is 0 Å². The Morgan fingerprint density at radius 3 is 2.47 bits per heavy atom. The number of aromatic hydroxyl groups is 1. The Morgan fingerprint density at radius 2 is 1.73 bits per heavy atom. The van der Waals surface area contributed by atoms with Crippen molar-refractivity contribution in [2.45, 2.75) is 19.1 Å². The summed E-state index contributed by atoms with van der Waals surface area (Å²) < 4.78 is 5.56. The zero-order valence-electron chi connectivity index (χ0n) is 16.4. The van der Waals surface area contributed by atoms with Crippen LogP contribution in [0, 0.1) is 0 Å². The van der Waals surface area contributed by atoms with E-state index in [0.29, 0.717) is 22.2 Å². The fraction of sp³-hybridized carbons (Fsp3) is 0.167. The zero-order chi connectivity index (χ0) is 21.1. The number of phenols is 1. The Kier molecular flexibility index (Phi) is 6.18. The van der Waals surface area contributed by atoms with Crippen LogP contribution in [0.1, 0.15) is 35.8 Å². The highest BCUT2D eigenvalue weighted by Gasteiger charge is 2.26. The summed E-state index contributed by atoms with van der Waals surface area (Å²) in [5.41, 5.74) is 3.65. The minimum atomic E-state index is -0.254. The van der Waals surface area contributed by atoms with Crippen molar-refractivity contribution in [1.29, 1.82) is 0 Å². The first kappa shape index (κ1) is 20.6. The molecule has 6 heteroatoms. The quantitative estimate of drug-likeness (QED) is 0.450. The van der Waals surface area contributed by atoms with Crippen molar-refractivity contribution in [2.24, 2.45) is 0 Å². The summed E-state index contributed by atoms with van der Waals surface area (Å²) in [6, 6.07) is 20.4. The van der Waals surface area contributed by atoms with Crippen LogP contribution in [0.4, 0.5) is 0 Å². The molecule has 0 aliphatic carbocycles. The van der Waals surface area contributed by atoms with Gasteiger partial charge in [0, 0.05) is 21.3 Å². The average molecular weight is 441 g/mol. The summed E-state index contributed by atoms with van der Waals surface area (Å²) in [5, 5.41) is 18.7. The second kappa shape index (κ2) is 9.00. The van der Waals surface area contributed by atoms with E-state index in [0.717, 1.165) is 22.6 Å². The van der Waals surface area contributed by atoms with Crippen molar-refractivity contribution in [3.8, 4) is 11.5 Å². The first-order chi connectivity index (χ1) is 14.5. The lowest BCUT2D eigenvalue weighted by Gasteiger charge is -2.33. The molecule has 2 atom stereocenters. The topological polar surface area (TPSA) is 53.5 Å². The Bertz CT molecular complexity index is 1070. The second-order valence-corrected chi connectivity index (χ2v) is 7.89. The largest absolute Gasteiger partial charge is 0.508 e. The Hall–Kier alpha value is -2.66. The third-order valence-electron chi connectivity index (χ3n) is 4.96. The monoisotopic (exact) mass is 440 g/mol. The highest BCUT2D eigenvalue weighted by molar-refractivity contribution is 6.31. The molecule has 0 fully saturated rings. The van der Waals surface area contributed by atoms with Gasteiger partial charge in [0.25, 0.3) is 0 Å². The number of hydrogen-bond donors (Lipinski definition) is 3. The number of hydrogen-bond acceptors (Lipinski definition) is 4. The second-order valence-electron chi connectivity index (χ2n) is 7.02. The summed E-state index contributed by atoms with van der Waals surface area (Å²) in [5.74, 6) is 1.01. The van der Waals surface area contributed by atoms with E-state index in [2.05, 4.69) is 10.6 Å². The van der Waals surface area contributed by atoms with Gasteiger partial charge in [0.1, 0.15) is 17.7 Å². The molecule has 0 radical (unpaired) electrons. The minimum Gasteiger partial charge on any atom is -0.508 e. The zero-order valence-corrected chi connectivity index (χ0v) is 17.9. The van der Waals surface area contributed by atoms with Crippen LogP contribution in [-0.2, 0) is 0 Å². The number of halogens is 2. The normalized spacial score (nSPS) is 18.4.